The number of carbonyl (C=O) groups excluding carboxylic acids is 1. The SMILES string of the molecule is CCOc1cccc(OCc2cc(C(=O)NN)oc2C)c1. The standard InChI is InChI=1S/C15H18N2O4/c1-3-19-12-5-4-6-13(8-12)20-9-11-7-14(15(18)17-16)21-10(11)2/h4-8H,3,9,16H2,1-2H3,(H,17,18). The molecule has 1 aromatic carbocycles. The van der Waals surface area contributed by atoms with Gasteiger partial charge in [-0.3, -0.25) is 10.2 Å². The van der Waals surface area contributed by atoms with Gasteiger partial charge in [0.25, 0.3) is 0 Å². The molecule has 0 saturated carbocycles. The molecule has 0 aliphatic heterocycles. The second-order valence-electron chi connectivity index (χ2n) is 4.36. The molecule has 0 unspecified atom stereocenters. The topological polar surface area (TPSA) is 86.7 Å². The molecule has 1 aromatic heterocycles. The average molecular weight is 290 g/mol. The Bertz CT molecular complexity index is 622. The van der Waals surface area contributed by atoms with Gasteiger partial charge in [0.1, 0.15) is 23.9 Å². The molecular formula is C15H18N2O4. The van der Waals surface area contributed by atoms with Gasteiger partial charge in [0.15, 0.2) is 5.76 Å². The van der Waals surface area contributed by atoms with Crippen LogP contribution in [0, 0.1) is 6.92 Å². The molecule has 0 aliphatic rings. The van der Waals surface area contributed by atoms with Gasteiger partial charge < -0.3 is 13.9 Å². The molecule has 21 heavy (non-hydrogen) atoms. The van der Waals surface area contributed by atoms with Crippen LogP contribution in [0.25, 0.3) is 0 Å². The molecule has 2 aromatic rings. The summed E-state index contributed by atoms with van der Waals surface area (Å²) in [6.45, 7) is 4.58. The molecule has 0 atom stereocenters. The Labute approximate surface area is 122 Å². The Balaban J connectivity index is 2.04. The first-order chi connectivity index (χ1) is 10.1. The molecule has 0 saturated heterocycles. The molecule has 3 N–H and O–H groups in total. The quantitative estimate of drug-likeness (QED) is 0.483. The number of hydrazine groups is 1. The number of hydrogen-bond acceptors (Lipinski definition) is 5. The van der Waals surface area contributed by atoms with Crippen LogP contribution in [-0.2, 0) is 6.61 Å². The summed E-state index contributed by atoms with van der Waals surface area (Å²) in [5.41, 5.74) is 2.81. The first-order valence-corrected chi connectivity index (χ1v) is 6.60. The van der Waals surface area contributed by atoms with E-state index >= 15 is 0 Å². The van der Waals surface area contributed by atoms with Crippen molar-refractivity contribution < 1.29 is 18.7 Å². The molecule has 0 spiro atoms. The van der Waals surface area contributed by atoms with Crippen LogP contribution in [0.4, 0.5) is 0 Å². The third kappa shape index (κ3) is 3.76. The van der Waals surface area contributed by atoms with Crippen molar-refractivity contribution in [2.24, 2.45) is 5.84 Å². The second-order valence-corrected chi connectivity index (χ2v) is 4.36. The fourth-order valence-electron chi connectivity index (χ4n) is 1.83. The maximum atomic E-state index is 11.4. The summed E-state index contributed by atoms with van der Waals surface area (Å²) in [5.74, 6) is 6.82. The predicted octanol–water partition coefficient (Wildman–Crippen LogP) is 2.17. The van der Waals surface area contributed by atoms with E-state index in [9.17, 15) is 4.79 Å². The van der Waals surface area contributed by atoms with E-state index in [4.69, 9.17) is 19.7 Å². The van der Waals surface area contributed by atoms with Crippen LogP contribution in [0.5, 0.6) is 11.5 Å². The Morgan fingerprint density at radius 3 is 2.67 bits per heavy atom. The van der Waals surface area contributed by atoms with E-state index in [1.54, 1.807) is 13.0 Å². The Kier molecular flexibility index (Phi) is 4.84. The Morgan fingerprint density at radius 1 is 1.29 bits per heavy atom. The van der Waals surface area contributed by atoms with E-state index < -0.39 is 5.91 Å². The van der Waals surface area contributed by atoms with Gasteiger partial charge in [0.05, 0.1) is 6.61 Å². The third-order valence-corrected chi connectivity index (χ3v) is 2.89. The number of amides is 1. The van der Waals surface area contributed by atoms with E-state index in [2.05, 4.69) is 0 Å². The van der Waals surface area contributed by atoms with Crippen molar-refractivity contribution in [3.8, 4) is 11.5 Å². The van der Waals surface area contributed by atoms with E-state index in [1.807, 2.05) is 36.6 Å². The molecular weight excluding hydrogens is 272 g/mol. The number of hydrogen-bond donors (Lipinski definition) is 2. The molecule has 6 nitrogen and oxygen atoms in total. The van der Waals surface area contributed by atoms with Crippen molar-refractivity contribution in [1.29, 1.82) is 0 Å². The summed E-state index contributed by atoms with van der Waals surface area (Å²) in [5, 5.41) is 0. The Hall–Kier alpha value is -2.47. The van der Waals surface area contributed by atoms with Gasteiger partial charge in [-0.25, -0.2) is 5.84 Å². The van der Waals surface area contributed by atoms with Gasteiger partial charge in [0.2, 0.25) is 0 Å². The van der Waals surface area contributed by atoms with Crippen molar-refractivity contribution in [2.75, 3.05) is 6.61 Å². The summed E-state index contributed by atoms with van der Waals surface area (Å²) in [6.07, 6.45) is 0. The zero-order chi connectivity index (χ0) is 15.2. The summed E-state index contributed by atoms with van der Waals surface area (Å²) in [6, 6.07) is 8.99. The van der Waals surface area contributed by atoms with Gasteiger partial charge in [-0.2, -0.15) is 0 Å². The van der Waals surface area contributed by atoms with Gasteiger partial charge in [-0.15, -0.1) is 0 Å². The van der Waals surface area contributed by atoms with Crippen LogP contribution in [0.1, 0.15) is 28.8 Å². The molecule has 112 valence electrons. The lowest BCUT2D eigenvalue weighted by atomic mass is 10.2. The molecule has 0 fully saturated rings. The number of carbonyl (C=O) groups is 1. The highest BCUT2D eigenvalue weighted by Gasteiger charge is 2.13. The smallest absolute Gasteiger partial charge is 0.300 e. The minimum atomic E-state index is -0.470. The van der Waals surface area contributed by atoms with E-state index in [1.165, 1.54) is 0 Å². The van der Waals surface area contributed by atoms with Gasteiger partial charge in [-0.1, -0.05) is 6.07 Å². The molecule has 0 radical (unpaired) electrons. The number of nitrogens with one attached hydrogen (secondary N) is 1. The van der Waals surface area contributed by atoms with Crippen molar-refractivity contribution in [3.05, 3.63) is 47.4 Å². The lowest BCUT2D eigenvalue weighted by molar-refractivity contribution is 0.0924. The molecule has 1 amide bonds. The number of benzene rings is 1. The Morgan fingerprint density at radius 2 is 2.00 bits per heavy atom. The van der Waals surface area contributed by atoms with Crippen LogP contribution in [0.15, 0.2) is 34.7 Å². The van der Waals surface area contributed by atoms with E-state index in [0.717, 1.165) is 11.3 Å². The van der Waals surface area contributed by atoms with Crippen molar-refractivity contribution >= 4 is 5.91 Å². The van der Waals surface area contributed by atoms with Crippen LogP contribution in [-0.4, -0.2) is 12.5 Å². The number of nitrogens with two attached hydrogens (primary N) is 1. The monoisotopic (exact) mass is 290 g/mol. The first kappa shape index (κ1) is 14.9. The average Bonchev–Trinajstić information content (AvgIpc) is 2.86. The van der Waals surface area contributed by atoms with Crippen LogP contribution < -0.4 is 20.7 Å². The highest BCUT2D eigenvalue weighted by atomic mass is 16.5. The zero-order valence-corrected chi connectivity index (χ0v) is 12.0. The maximum absolute atomic E-state index is 11.4. The van der Waals surface area contributed by atoms with Crippen molar-refractivity contribution in [1.82, 2.24) is 5.43 Å². The second kappa shape index (κ2) is 6.81. The molecule has 1 heterocycles. The third-order valence-electron chi connectivity index (χ3n) is 2.89. The van der Waals surface area contributed by atoms with Crippen molar-refractivity contribution in [3.63, 3.8) is 0 Å². The van der Waals surface area contributed by atoms with Gasteiger partial charge >= 0.3 is 5.91 Å². The van der Waals surface area contributed by atoms with Gasteiger partial charge in [-0.05, 0) is 32.0 Å². The molecule has 0 aliphatic carbocycles. The highest BCUT2D eigenvalue weighted by molar-refractivity contribution is 5.91. The number of rotatable bonds is 6. The largest absolute Gasteiger partial charge is 0.494 e. The predicted molar refractivity (Wildman–Crippen MR) is 77.0 cm³/mol. The minimum Gasteiger partial charge on any atom is -0.494 e. The summed E-state index contributed by atoms with van der Waals surface area (Å²) in [4.78, 5) is 11.4. The molecule has 6 heteroatoms. The lowest BCUT2D eigenvalue weighted by Gasteiger charge is -2.07. The van der Waals surface area contributed by atoms with E-state index in [0.29, 0.717) is 24.7 Å². The molecule has 0 bridgehead atoms. The fraction of sp³-hybridized carbons (Fsp3) is 0.267. The summed E-state index contributed by atoms with van der Waals surface area (Å²) < 4.78 is 16.4. The minimum absolute atomic E-state index is 0.164. The molecule has 2 rings (SSSR count). The van der Waals surface area contributed by atoms with Crippen LogP contribution in [0.2, 0.25) is 0 Å². The number of aryl methyl sites for hydroxylation is 1. The van der Waals surface area contributed by atoms with Crippen LogP contribution >= 0.6 is 0 Å². The van der Waals surface area contributed by atoms with Crippen LogP contribution in [0.3, 0.4) is 0 Å². The fourth-order valence-corrected chi connectivity index (χ4v) is 1.83. The first-order valence-electron chi connectivity index (χ1n) is 6.60. The zero-order valence-electron chi connectivity index (χ0n) is 12.0. The summed E-state index contributed by atoms with van der Waals surface area (Å²) >= 11 is 0. The van der Waals surface area contributed by atoms with Crippen molar-refractivity contribution in [2.45, 2.75) is 20.5 Å². The number of nitrogen functional groups attached to an aromatic ring is 1. The van der Waals surface area contributed by atoms with E-state index in [-0.39, 0.29) is 5.76 Å². The number of furan rings is 1. The lowest BCUT2D eigenvalue weighted by Crippen LogP contribution is -2.29. The van der Waals surface area contributed by atoms with Gasteiger partial charge in [0, 0.05) is 11.6 Å². The maximum Gasteiger partial charge on any atom is 0.300 e. The summed E-state index contributed by atoms with van der Waals surface area (Å²) in [7, 11) is 0. The highest BCUT2D eigenvalue weighted by Crippen LogP contribution is 2.22. The number of ether oxygens (including phenoxy) is 2. The normalized spacial score (nSPS) is 10.2.